The van der Waals surface area contributed by atoms with Crippen LogP contribution in [0.5, 0.6) is 0 Å². The number of amides is 1. The molecule has 0 bridgehead atoms. The maximum absolute atomic E-state index is 11.4. The van der Waals surface area contributed by atoms with Crippen molar-refractivity contribution in [1.29, 1.82) is 0 Å². The molecule has 1 amide bonds. The van der Waals surface area contributed by atoms with E-state index in [9.17, 15) is 4.79 Å². The van der Waals surface area contributed by atoms with Gasteiger partial charge in [0.2, 0.25) is 5.91 Å². The van der Waals surface area contributed by atoms with E-state index in [0.717, 1.165) is 32.5 Å². The zero-order valence-electron chi connectivity index (χ0n) is 11.9. The lowest BCUT2D eigenvalue weighted by Crippen LogP contribution is -2.32. The normalized spacial score (nSPS) is 14.7. The van der Waals surface area contributed by atoms with Crippen LogP contribution in [0.15, 0.2) is 24.3 Å². The van der Waals surface area contributed by atoms with Gasteiger partial charge in [-0.2, -0.15) is 0 Å². The molecule has 1 aliphatic rings. The second-order valence-corrected chi connectivity index (χ2v) is 5.64. The summed E-state index contributed by atoms with van der Waals surface area (Å²) in [6.45, 7) is 6.81. The van der Waals surface area contributed by atoms with Crippen molar-refractivity contribution in [2.24, 2.45) is 5.92 Å². The van der Waals surface area contributed by atoms with Gasteiger partial charge in [-0.25, -0.2) is 0 Å². The Hall–Kier alpha value is -1.35. The Labute approximate surface area is 115 Å². The minimum absolute atomic E-state index is 0.225. The van der Waals surface area contributed by atoms with Gasteiger partial charge in [0.05, 0.1) is 0 Å². The van der Waals surface area contributed by atoms with Gasteiger partial charge in [-0.1, -0.05) is 38.1 Å². The molecule has 1 aromatic rings. The average Bonchev–Trinajstić information content (AvgIpc) is 3.23. The van der Waals surface area contributed by atoms with Crippen LogP contribution in [0.1, 0.15) is 43.7 Å². The first kappa shape index (κ1) is 14.1. The summed E-state index contributed by atoms with van der Waals surface area (Å²) in [5.41, 5.74) is 2.67. The first-order valence-electron chi connectivity index (χ1n) is 7.24. The fraction of sp³-hybridized carbons (Fsp3) is 0.562. The Morgan fingerprint density at radius 2 is 1.89 bits per heavy atom. The molecule has 0 radical (unpaired) electrons. The van der Waals surface area contributed by atoms with Crippen molar-refractivity contribution < 1.29 is 4.79 Å². The number of rotatable bonds is 7. The molecule has 1 aliphatic carbocycles. The van der Waals surface area contributed by atoms with E-state index in [2.05, 4.69) is 48.7 Å². The first-order chi connectivity index (χ1) is 9.16. The molecule has 0 heterocycles. The fourth-order valence-electron chi connectivity index (χ4n) is 2.02. The molecule has 104 valence electrons. The third kappa shape index (κ3) is 4.67. The number of benzene rings is 1. The average molecular weight is 260 g/mol. The summed E-state index contributed by atoms with van der Waals surface area (Å²) in [6.07, 6.45) is 2.14. The molecule has 0 unspecified atom stereocenters. The van der Waals surface area contributed by atoms with E-state index in [0.29, 0.717) is 11.8 Å². The summed E-state index contributed by atoms with van der Waals surface area (Å²) in [7, 11) is 0. The van der Waals surface area contributed by atoms with Crippen molar-refractivity contribution in [2.75, 3.05) is 13.1 Å². The van der Waals surface area contributed by atoms with Crippen LogP contribution in [0.4, 0.5) is 0 Å². The Morgan fingerprint density at radius 1 is 1.21 bits per heavy atom. The van der Waals surface area contributed by atoms with Crippen LogP contribution < -0.4 is 10.6 Å². The Balaban J connectivity index is 1.60. The zero-order valence-corrected chi connectivity index (χ0v) is 11.9. The minimum atomic E-state index is 0.225. The quantitative estimate of drug-likeness (QED) is 0.739. The summed E-state index contributed by atoms with van der Waals surface area (Å²) in [5, 5.41) is 6.30. The number of carbonyl (C=O) groups excluding carboxylic acids is 1. The number of nitrogens with one attached hydrogen (secondary N) is 2. The largest absolute Gasteiger partial charge is 0.355 e. The van der Waals surface area contributed by atoms with E-state index in [1.54, 1.807) is 0 Å². The standard InChI is InChI=1S/C16H24N2O/c1-12(2)14-5-3-13(4-6-14)11-17-9-10-18-16(19)15-7-8-15/h3-6,12,15,17H,7-11H2,1-2H3,(H,18,19). The molecular formula is C16H24N2O. The highest BCUT2D eigenvalue weighted by atomic mass is 16.2. The minimum Gasteiger partial charge on any atom is -0.355 e. The predicted octanol–water partition coefficient (Wildman–Crippen LogP) is 2.43. The van der Waals surface area contributed by atoms with Gasteiger partial charge in [-0.15, -0.1) is 0 Å². The van der Waals surface area contributed by atoms with Crippen LogP contribution in [-0.2, 0) is 11.3 Å². The van der Waals surface area contributed by atoms with Gasteiger partial charge in [-0.3, -0.25) is 4.79 Å². The van der Waals surface area contributed by atoms with Gasteiger partial charge in [0.25, 0.3) is 0 Å². The number of hydrogen-bond donors (Lipinski definition) is 2. The second-order valence-electron chi connectivity index (χ2n) is 5.64. The summed E-state index contributed by atoms with van der Waals surface area (Å²) in [5.74, 6) is 1.12. The summed E-state index contributed by atoms with van der Waals surface area (Å²) >= 11 is 0. The van der Waals surface area contributed by atoms with Gasteiger partial charge in [0.15, 0.2) is 0 Å². The van der Waals surface area contributed by atoms with E-state index in [4.69, 9.17) is 0 Å². The van der Waals surface area contributed by atoms with E-state index < -0.39 is 0 Å². The molecule has 0 atom stereocenters. The maximum Gasteiger partial charge on any atom is 0.223 e. The molecule has 19 heavy (non-hydrogen) atoms. The summed E-state index contributed by atoms with van der Waals surface area (Å²) in [6, 6.07) is 8.73. The second kappa shape index (κ2) is 6.71. The molecular weight excluding hydrogens is 236 g/mol. The van der Waals surface area contributed by atoms with Crippen LogP contribution in [0, 0.1) is 5.92 Å². The summed E-state index contributed by atoms with van der Waals surface area (Å²) < 4.78 is 0. The number of hydrogen-bond acceptors (Lipinski definition) is 2. The van der Waals surface area contributed by atoms with E-state index in [1.807, 2.05) is 0 Å². The molecule has 3 heteroatoms. The van der Waals surface area contributed by atoms with Gasteiger partial charge < -0.3 is 10.6 Å². The molecule has 2 N–H and O–H groups in total. The monoisotopic (exact) mass is 260 g/mol. The van der Waals surface area contributed by atoms with Crippen LogP contribution in [0.25, 0.3) is 0 Å². The lowest BCUT2D eigenvalue weighted by Gasteiger charge is -2.08. The molecule has 0 aromatic heterocycles. The molecule has 0 saturated heterocycles. The highest BCUT2D eigenvalue weighted by molar-refractivity contribution is 5.80. The zero-order chi connectivity index (χ0) is 13.7. The lowest BCUT2D eigenvalue weighted by molar-refractivity contribution is -0.122. The van der Waals surface area contributed by atoms with Gasteiger partial charge in [0, 0.05) is 25.6 Å². The molecule has 3 nitrogen and oxygen atoms in total. The van der Waals surface area contributed by atoms with Crippen molar-refractivity contribution in [2.45, 2.75) is 39.2 Å². The van der Waals surface area contributed by atoms with Gasteiger partial charge in [0.1, 0.15) is 0 Å². The molecule has 1 fully saturated rings. The smallest absolute Gasteiger partial charge is 0.223 e. The number of carbonyl (C=O) groups is 1. The van der Waals surface area contributed by atoms with Crippen LogP contribution >= 0.6 is 0 Å². The van der Waals surface area contributed by atoms with E-state index >= 15 is 0 Å². The highest BCUT2D eigenvalue weighted by Gasteiger charge is 2.28. The Kier molecular flexibility index (Phi) is 4.97. The molecule has 0 aliphatic heterocycles. The topological polar surface area (TPSA) is 41.1 Å². The van der Waals surface area contributed by atoms with Crippen molar-refractivity contribution in [3.05, 3.63) is 35.4 Å². The molecule has 0 spiro atoms. The third-order valence-corrected chi connectivity index (χ3v) is 3.52. The predicted molar refractivity (Wildman–Crippen MR) is 78.0 cm³/mol. The van der Waals surface area contributed by atoms with Gasteiger partial charge >= 0.3 is 0 Å². The Morgan fingerprint density at radius 3 is 2.47 bits per heavy atom. The lowest BCUT2D eigenvalue weighted by atomic mass is 10.0. The fourth-order valence-corrected chi connectivity index (χ4v) is 2.02. The van der Waals surface area contributed by atoms with E-state index in [1.165, 1.54) is 11.1 Å². The van der Waals surface area contributed by atoms with Crippen LogP contribution in [0.2, 0.25) is 0 Å². The third-order valence-electron chi connectivity index (χ3n) is 3.52. The van der Waals surface area contributed by atoms with Crippen molar-refractivity contribution >= 4 is 5.91 Å². The van der Waals surface area contributed by atoms with Gasteiger partial charge in [-0.05, 0) is 29.9 Å². The first-order valence-corrected chi connectivity index (χ1v) is 7.24. The highest BCUT2D eigenvalue weighted by Crippen LogP contribution is 2.28. The van der Waals surface area contributed by atoms with Crippen molar-refractivity contribution in [1.82, 2.24) is 10.6 Å². The molecule has 2 rings (SSSR count). The SMILES string of the molecule is CC(C)c1ccc(CNCCNC(=O)C2CC2)cc1. The van der Waals surface area contributed by atoms with Crippen LogP contribution in [0.3, 0.4) is 0 Å². The van der Waals surface area contributed by atoms with E-state index in [-0.39, 0.29) is 5.91 Å². The molecule has 1 aromatic carbocycles. The Bertz CT molecular complexity index is 407. The summed E-state index contributed by atoms with van der Waals surface area (Å²) in [4.78, 5) is 11.4. The molecule has 1 saturated carbocycles. The van der Waals surface area contributed by atoms with Crippen molar-refractivity contribution in [3.8, 4) is 0 Å². The van der Waals surface area contributed by atoms with Crippen LogP contribution in [-0.4, -0.2) is 19.0 Å². The maximum atomic E-state index is 11.4. The van der Waals surface area contributed by atoms with Crippen molar-refractivity contribution in [3.63, 3.8) is 0 Å².